The van der Waals surface area contributed by atoms with Crippen molar-refractivity contribution in [2.75, 3.05) is 13.1 Å². The van der Waals surface area contributed by atoms with Gasteiger partial charge in [-0.3, -0.25) is 4.90 Å². The molecule has 6 aliphatic rings. The molecule has 1 saturated heterocycles. The molecular weight excluding hydrogens is 278 g/mol. The highest BCUT2D eigenvalue weighted by atomic mass is 15.3. The van der Waals surface area contributed by atoms with E-state index < -0.39 is 0 Å². The topological polar surface area (TPSA) is 3.01 Å². The van der Waals surface area contributed by atoms with Crippen molar-refractivity contribution in [3.63, 3.8) is 0 Å². The van der Waals surface area contributed by atoms with E-state index in [9.17, 15) is 0 Å². The summed E-state index contributed by atoms with van der Waals surface area (Å²) in [6, 6.07) is 0.755. The minimum Gasteiger partial charge on any atom is -0.294 e. The first-order valence-corrected chi connectivity index (χ1v) is 10.2. The van der Waals surface area contributed by atoms with Gasteiger partial charge in [0.2, 0.25) is 0 Å². The third-order valence-electron chi connectivity index (χ3n) is 9.81. The summed E-state index contributed by atoms with van der Waals surface area (Å²) >= 11 is 0. The highest BCUT2D eigenvalue weighted by Gasteiger charge is 2.77. The fourth-order valence-electron chi connectivity index (χ4n) is 8.84. The van der Waals surface area contributed by atoms with Gasteiger partial charge in [-0.1, -0.05) is 36.6 Å². The summed E-state index contributed by atoms with van der Waals surface area (Å²) in [5.74, 6) is 1.86. The molecule has 4 bridgehead atoms. The van der Waals surface area contributed by atoms with Crippen molar-refractivity contribution in [1.82, 2.24) is 4.90 Å². The molecule has 6 atom stereocenters. The molecule has 1 heterocycles. The molecule has 1 nitrogen and oxygen atoms in total. The zero-order chi connectivity index (χ0) is 15.4. The van der Waals surface area contributed by atoms with E-state index in [0.717, 1.165) is 17.9 Å². The summed E-state index contributed by atoms with van der Waals surface area (Å²) < 4.78 is 0. The highest BCUT2D eigenvalue weighted by Crippen LogP contribution is 2.83. The average Bonchev–Trinajstić information content (AvgIpc) is 3.30. The zero-order valence-electron chi connectivity index (χ0n) is 14.9. The molecule has 0 aromatic heterocycles. The number of allylic oxidation sites excluding steroid dienone is 3. The van der Waals surface area contributed by atoms with E-state index in [-0.39, 0.29) is 0 Å². The lowest BCUT2D eigenvalue weighted by molar-refractivity contribution is -0.134. The second-order valence-electron chi connectivity index (χ2n) is 9.90. The maximum Gasteiger partial charge on any atom is 0.0344 e. The minimum atomic E-state index is 0.550. The first-order chi connectivity index (χ1) is 11.1. The standard InChI is InChI=1S/C22H31N/c1-15-8-11-22-17-5-3-4-16-6-7-19(23-12-13-23)21(10-9-17,14-18(15)22)20(16,22)2/h6-7,16-17,19H,3-5,8-14H2,1-2H3. The Balaban J connectivity index is 1.66. The van der Waals surface area contributed by atoms with Crippen LogP contribution in [0.25, 0.3) is 0 Å². The molecule has 0 N–H and O–H groups in total. The van der Waals surface area contributed by atoms with E-state index in [0.29, 0.717) is 16.2 Å². The van der Waals surface area contributed by atoms with Gasteiger partial charge >= 0.3 is 0 Å². The van der Waals surface area contributed by atoms with E-state index in [2.05, 4.69) is 30.9 Å². The monoisotopic (exact) mass is 309 g/mol. The predicted octanol–water partition coefficient (Wildman–Crippen LogP) is 4.94. The first kappa shape index (κ1) is 13.7. The molecule has 3 saturated carbocycles. The van der Waals surface area contributed by atoms with Gasteiger partial charge in [0.25, 0.3) is 0 Å². The maximum absolute atomic E-state index is 2.79. The number of nitrogens with zero attached hydrogens (tertiary/aromatic N) is 1. The van der Waals surface area contributed by atoms with E-state index in [1.54, 1.807) is 5.57 Å². The molecule has 6 unspecified atom stereocenters. The molecule has 4 fully saturated rings. The van der Waals surface area contributed by atoms with Crippen LogP contribution in [-0.4, -0.2) is 24.0 Å². The van der Waals surface area contributed by atoms with Crippen molar-refractivity contribution in [1.29, 1.82) is 0 Å². The Bertz CT molecular complexity index is 640. The van der Waals surface area contributed by atoms with Crippen molar-refractivity contribution in [2.45, 2.75) is 71.3 Å². The molecule has 0 amide bonds. The predicted molar refractivity (Wildman–Crippen MR) is 94.1 cm³/mol. The van der Waals surface area contributed by atoms with Gasteiger partial charge in [0.1, 0.15) is 0 Å². The van der Waals surface area contributed by atoms with Crippen molar-refractivity contribution in [3.8, 4) is 0 Å². The molecule has 23 heavy (non-hydrogen) atoms. The van der Waals surface area contributed by atoms with Gasteiger partial charge in [0.15, 0.2) is 0 Å². The summed E-state index contributed by atoms with van der Waals surface area (Å²) in [5.41, 5.74) is 5.49. The zero-order valence-corrected chi connectivity index (χ0v) is 14.9. The molecule has 6 rings (SSSR count). The number of hydrogen-bond donors (Lipinski definition) is 0. The van der Waals surface area contributed by atoms with Crippen molar-refractivity contribution < 1.29 is 0 Å². The molecule has 0 aromatic rings. The Morgan fingerprint density at radius 2 is 1.96 bits per heavy atom. The van der Waals surface area contributed by atoms with Gasteiger partial charge in [-0.2, -0.15) is 0 Å². The Morgan fingerprint density at radius 1 is 1.09 bits per heavy atom. The minimum absolute atomic E-state index is 0.550. The molecule has 0 radical (unpaired) electrons. The van der Waals surface area contributed by atoms with Gasteiger partial charge in [0, 0.05) is 24.5 Å². The molecule has 1 spiro atoms. The molecule has 1 heteroatoms. The van der Waals surface area contributed by atoms with Crippen LogP contribution in [0.1, 0.15) is 65.2 Å². The van der Waals surface area contributed by atoms with Crippen molar-refractivity contribution in [3.05, 3.63) is 23.3 Å². The van der Waals surface area contributed by atoms with Gasteiger partial charge < -0.3 is 0 Å². The SMILES string of the molecule is CC1=C2CC34CCC5CCCC(C=CC3N3CC3)C4(C)C25CC1. The molecular formula is C22H31N. The van der Waals surface area contributed by atoms with Gasteiger partial charge in [-0.15, -0.1) is 0 Å². The molecule has 124 valence electrons. The van der Waals surface area contributed by atoms with Crippen LogP contribution < -0.4 is 0 Å². The lowest BCUT2D eigenvalue weighted by atomic mass is 9.40. The molecule has 5 aliphatic carbocycles. The average molecular weight is 309 g/mol. The largest absolute Gasteiger partial charge is 0.294 e. The van der Waals surface area contributed by atoms with Crippen molar-refractivity contribution in [2.24, 2.45) is 28.1 Å². The third-order valence-corrected chi connectivity index (χ3v) is 9.81. The van der Waals surface area contributed by atoms with Gasteiger partial charge in [-0.05, 0) is 74.5 Å². The Morgan fingerprint density at radius 3 is 2.78 bits per heavy atom. The van der Waals surface area contributed by atoms with Crippen LogP contribution in [-0.2, 0) is 0 Å². The number of hydrogen-bond acceptors (Lipinski definition) is 1. The summed E-state index contributed by atoms with van der Waals surface area (Å²) in [6.07, 6.45) is 17.2. The van der Waals surface area contributed by atoms with Crippen LogP contribution in [0.2, 0.25) is 0 Å². The fourth-order valence-corrected chi connectivity index (χ4v) is 8.84. The molecule has 1 aliphatic heterocycles. The Labute approximate surface area is 141 Å². The van der Waals surface area contributed by atoms with Crippen LogP contribution in [0.3, 0.4) is 0 Å². The van der Waals surface area contributed by atoms with E-state index in [1.807, 2.05) is 5.57 Å². The first-order valence-electron chi connectivity index (χ1n) is 10.2. The van der Waals surface area contributed by atoms with Crippen molar-refractivity contribution >= 4 is 0 Å². The van der Waals surface area contributed by atoms with Gasteiger partial charge in [0.05, 0.1) is 0 Å². The summed E-state index contributed by atoms with van der Waals surface area (Å²) in [7, 11) is 0. The quantitative estimate of drug-likeness (QED) is 0.489. The fraction of sp³-hybridized carbons (Fsp3) is 0.818. The van der Waals surface area contributed by atoms with Crippen LogP contribution in [0.15, 0.2) is 23.3 Å². The van der Waals surface area contributed by atoms with Crippen LogP contribution in [0, 0.1) is 28.1 Å². The van der Waals surface area contributed by atoms with E-state index in [4.69, 9.17) is 0 Å². The van der Waals surface area contributed by atoms with Crippen LogP contribution in [0.4, 0.5) is 0 Å². The summed E-state index contributed by atoms with van der Waals surface area (Å²) in [4.78, 5) is 2.79. The third kappa shape index (κ3) is 1.25. The number of rotatable bonds is 1. The maximum atomic E-state index is 2.79. The van der Waals surface area contributed by atoms with Crippen LogP contribution >= 0.6 is 0 Å². The second kappa shape index (κ2) is 3.98. The lowest BCUT2D eigenvalue weighted by Gasteiger charge is -2.64. The van der Waals surface area contributed by atoms with E-state index in [1.165, 1.54) is 64.5 Å². The Kier molecular flexibility index (Phi) is 2.37. The molecule has 0 aromatic carbocycles. The second-order valence-corrected chi connectivity index (χ2v) is 9.90. The smallest absolute Gasteiger partial charge is 0.0344 e. The summed E-state index contributed by atoms with van der Waals surface area (Å²) in [6.45, 7) is 7.97. The van der Waals surface area contributed by atoms with Crippen LogP contribution in [0.5, 0.6) is 0 Å². The summed E-state index contributed by atoms with van der Waals surface area (Å²) in [5, 5.41) is 0. The lowest BCUT2D eigenvalue weighted by Crippen LogP contribution is -2.61. The van der Waals surface area contributed by atoms with Gasteiger partial charge in [-0.25, -0.2) is 0 Å². The highest BCUT2D eigenvalue weighted by molar-refractivity contribution is 5.46. The normalized spacial score (nSPS) is 56.7. The Hall–Kier alpha value is -0.560. The van der Waals surface area contributed by atoms with E-state index >= 15 is 0 Å².